The van der Waals surface area contributed by atoms with Gasteiger partial charge in [0.25, 0.3) is 0 Å². The maximum absolute atomic E-state index is 14.4. The van der Waals surface area contributed by atoms with Gasteiger partial charge in [-0.15, -0.1) is 12.4 Å². The topological polar surface area (TPSA) is 86.0 Å². The van der Waals surface area contributed by atoms with E-state index >= 15 is 0 Å². The molecule has 2 saturated heterocycles. The van der Waals surface area contributed by atoms with Crippen LogP contribution in [0.2, 0.25) is 0 Å². The maximum atomic E-state index is 14.4. The van der Waals surface area contributed by atoms with Crippen LogP contribution in [0, 0.1) is 11.6 Å². The van der Waals surface area contributed by atoms with Crippen LogP contribution in [0.25, 0.3) is 5.65 Å². The molecule has 8 nitrogen and oxygen atoms in total. The molecule has 1 atom stereocenters. The molecule has 0 radical (unpaired) electrons. The summed E-state index contributed by atoms with van der Waals surface area (Å²) in [7, 11) is 0. The van der Waals surface area contributed by atoms with Crippen molar-refractivity contribution in [3.05, 3.63) is 53.9 Å². The molecule has 4 heterocycles. The highest BCUT2D eigenvalue weighted by Gasteiger charge is 2.39. The zero-order valence-electron chi connectivity index (χ0n) is 17.3. The Kier molecular flexibility index (Phi) is 5.68. The summed E-state index contributed by atoms with van der Waals surface area (Å²) in [5.41, 5.74) is 0.335. The summed E-state index contributed by atoms with van der Waals surface area (Å²) >= 11 is 0. The zero-order chi connectivity index (χ0) is 21.8. The lowest BCUT2D eigenvalue weighted by molar-refractivity contribution is -0.0581. The predicted molar refractivity (Wildman–Crippen MR) is 117 cm³/mol. The van der Waals surface area contributed by atoms with Crippen molar-refractivity contribution in [1.29, 1.82) is 0 Å². The van der Waals surface area contributed by atoms with Gasteiger partial charge in [0.2, 0.25) is 0 Å². The molecule has 2 aliphatic rings. The number of rotatable bonds is 3. The first-order chi connectivity index (χ1) is 14.8. The molecule has 2 amide bonds. The number of halogens is 3. The van der Waals surface area contributed by atoms with Crippen LogP contribution in [-0.4, -0.2) is 55.9 Å². The number of benzene rings is 1. The van der Waals surface area contributed by atoms with E-state index in [1.165, 1.54) is 17.2 Å². The van der Waals surface area contributed by atoms with Gasteiger partial charge >= 0.3 is 6.03 Å². The highest BCUT2D eigenvalue weighted by atomic mass is 35.5. The monoisotopic (exact) mass is 464 g/mol. The summed E-state index contributed by atoms with van der Waals surface area (Å²) in [6.45, 7) is 2.84. The van der Waals surface area contributed by atoms with E-state index in [1.807, 2.05) is 4.90 Å². The van der Waals surface area contributed by atoms with Crippen molar-refractivity contribution in [3.63, 3.8) is 0 Å². The fourth-order valence-corrected chi connectivity index (χ4v) is 4.36. The average molecular weight is 465 g/mol. The number of nitrogens with one attached hydrogen (secondary N) is 1. The number of hydrogen-bond donors (Lipinski definition) is 2. The van der Waals surface area contributed by atoms with Gasteiger partial charge in [-0.2, -0.15) is 5.10 Å². The number of anilines is 2. The molecule has 3 aromatic rings. The molecule has 0 unspecified atom stereocenters. The molecule has 2 fully saturated rings. The van der Waals surface area contributed by atoms with E-state index in [2.05, 4.69) is 15.4 Å². The van der Waals surface area contributed by atoms with Crippen molar-refractivity contribution in [2.75, 3.05) is 29.9 Å². The van der Waals surface area contributed by atoms with Crippen LogP contribution in [0.1, 0.15) is 31.4 Å². The number of β-amino-alcohol motifs (C(OH)–C–C–N with tert-alkyl or cyclic N) is 1. The minimum atomic E-state index is -0.860. The van der Waals surface area contributed by atoms with E-state index in [0.717, 1.165) is 18.6 Å². The third-order valence-electron chi connectivity index (χ3n) is 5.81. The Morgan fingerprint density at radius 1 is 1.28 bits per heavy atom. The Morgan fingerprint density at radius 3 is 2.81 bits per heavy atom. The molecule has 0 saturated carbocycles. The lowest BCUT2D eigenvalue weighted by atomic mass is 9.98. The second kappa shape index (κ2) is 8.18. The normalized spacial score (nSPS) is 19.6. The molecule has 1 aromatic carbocycles. The van der Waals surface area contributed by atoms with Crippen LogP contribution >= 0.6 is 12.4 Å². The molecular formula is C21H23ClF2N6O2. The van der Waals surface area contributed by atoms with E-state index in [4.69, 9.17) is 0 Å². The smallest absolute Gasteiger partial charge is 0.322 e. The van der Waals surface area contributed by atoms with Crippen LogP contribution in [0.5, 0.6) is 0 Å². The largest absolute Gasteiger partial charge is 0.386 e. The highest BCUT2D eigenvalue weighted by molar-refractivity contribution is 5.93. The van der Waals surface area contributed by atoms with Gasteiger partial charge in [0, 0.05) is 18.3 Å². The van der Waals surface area contributed by atoms with Crippen molar-refractivity contribution < 1.29 is 18.7 Å². The number of urea groups is 1. The molecule has 0 bridgehead atoms. The quantitative estimate of drug-likeness (QED) is 0.620. The number of likely N-dealkylation sites (tertiary alicyclic amines) is 1. The summed E-state index contributed by atoms with van der Waals surface area (Å²) in [4.78, 5) is 20.5. The fraction of sp³-hybridized carbons (Fsp3) is 0.381. The van der Waals surface area contributed by atoms with Crippen LogP contribution in [0.3, 0.4) is 0 Å². The first kappa shape index (κ1) is 22.2. The van der Waals surface area contributed by atoms with Crippen LogP contribution < -0.4 is 10.2 Å². The van der Waals surface area contributed by atoms with Gasteiger partial charge in [-0.3, -0.25) is 0 Å². The molecule has 170 valence electrons. The van der Waals surface area contributed by atoms with Gasteiger partial charge in [-0.25, -0.2) is 23.1 Å². The van der Waals surface area contributed by atoms with Gasteiger partial charge in [0.05, 0.1) is 30.9 Å². The van der Waals surface area contributed by atoms with Crippen molar-refractivity contribution in [3.8, 4) is 0 Å². The number of nitrogens with zero attached hydrogens (tertiary/aromatic N) is 5. The molecule has 2 aromatic heterocycles. The average Bonchev–Trinajstić information content (AvgIpc) is 3.35. The minimum absolute atomic E-state index is 0. The first-order valence-electron chi connectivity index (χ1n) is 10.1. The summed E-state index contributed by atoms with van der Waals surface area (Å²) < 4.78 is 29.7. The van der Waals surface area contributed by atoms with E-state index in [-0.39, 0.29) is 37.6 Å². The molecule has 5 rings (SSSR count). The van der Waals surface area contributed by atoms with E-state index in [0.29, 0.717) is 35.7 Å². The lowest BCUT2D eigenvalue weighted by Crippen LogP contribution is -2.62. The van der Waals surface area contributed by atoms with E-state index < -0.39 is 17.2 Å². The number of amides is 2. The molecule has 0 spiro atoms. The van der Waals surface area contributed by atoms with E-state index in [9.17, 15) is 18.7 Å². The number of fused-ring (bicyclic) bond motifs is 1. The van der Waals surface area contributed by atoms with Gasteiger partial charge in [0.1, 0.15) is 23.1 Å². The summed E-state index contributed by atoms with van der Waals surface area (Å²) in [5.74, 6) is -0.318. The number of carbonyl (C=O) groups excluding carboxylic acids is 1. The first-order valence-corrected chi connectivity index (χ1v) is 10.1. The standard InChI is InChI=1S/C21H22F2N6O2.ClH/c1-21(31)11-27(12-21)20(30)25-16-10-24-29-8-6-18(26-19(16)29)28-7-2-3-17(28)14-9-13(22)4-5-15(14)23;/h4-6,8-10,17,31H,2-3,7,11-12H2,1H3,(H,25,30);1H/t17-;/m1./s1. The zero-order valence-corrected chi connectivity index (χ0v) is 18.1. The Balaban J connectivity index is 0.00000245. The van der Waals surface area contributed by atoms with Crippen LogP contribution in [0.15, 0.2) is 36.7 Å². The molecule has 2 N–H and O–H groups in total. The van der Waals surface area contributed by atoms with Crippen LogP contribution in [0.4, 0.5) is 25.1 Å². The number of hydrogen-bond acceptors (Lipinski definition) is 5. The third kappa shape index (κ3) is 3.95. The lowest BCUT2D eigenvalue weighted by Gasteiger charge is -2.43. The molecular weight excluding hydrogens is 442 g/mol. The van der Waals surface area contributed by atoms with Gasteiger partial charge < -0.3 is 20.2 Å². The Labute approximate surface area is 189 Å². The maximum Gasteiger partial charge on any atom is 0.322 e. The predicted octanol–water partition coefficient (Wildman–Crippen LogP) is 3.37. The molecule has 32 heavy (non-hydrogen) atoms. The minimum Gasteiger partial charge on any atom is -0.386 e. The fourth-order valence-electron chi connectivity index (χ4n) is 4.36. The van der Waals surface area contributed by atoms with Gasteiger partial charge in [-0.05, 0) is 44.0 Å². The molecule has 11 heteroatoms. The van der Waals surface area contributed by atoms with Crippen molar-refractivity contribution in [2.45, 2.75) is 31.4 Å². The summed E-state index contributed by atoms with van der Waals surface area (Å²) in [5, 5.41) is 16.8. The number of aliphatic hydroxyl groups is 1. The second-order valence-electron chi connectivity index (χ2n) is 8.41. The van der Waals surface area contributed by atoms with Crippen molar-refractivity contribution >= 4 is 35.6 Å². The Bertz CT molecular complexity index is 1160. The summed E-state index contributed by atoms with van der Waals surface area (Å²) in [6.07, 6.45) is 4.74. The second-order valence-corrected chi connectivity index (χ2v) is 8.41. The van der Waals surface area contributed by atoms with Crippen molar-refractivity contribution in [2.24, 2.45) is 0 Å². The van der Waals surface area contributed by atoms with Gasteiger partial charge in [0.15, 0.2) is 5.65 Å². The Morgan fingerprint density at radius 2 is 2.06 bits per heavy atom. The molecule has 2 aliphatic heterocycles. The Hall–Kier alpha value is -2.98. The van der Waals surface area contributed by atoms with Crippen molar-refractivity contribution in [1.82, 2.24) is 19.5 Å². The van der Waals surface area contributed by atoms with E-state index in [1.54, 1.807) is 23.7 Å². The van der Waals surface area contributed by atoms with Gasteiger partial charge in [-0.1, -0.05) is 0 Å². The third-order valence-corrected chi connectivity index (χ3v) is 5.81. The van der Waals surface area contributed by atoms with Crippen LogP contribution in [-0.2, 0) is 0 Å². The number of carbonyl (C=O) groups is 1. The number of aromatic nitrogens is 3. The summed E-state index contributed by atoms with van der Waals surface area (Å²) in [6, 6.07) is 4.61. The highest BCUT2D eigenvalue weighted by Crippen LogP contribution is 2.37. The molecule has 0 aliphatic carbocycles. The SMILES string of the molecule is CC1(O)CN(C(=O)Nc2cnn3ccc(N4CCC[C@@H]4c4cc(F)ccc4F)nc23)C1.Cl.